The van der Waals surface area contributed by atoms with Gasteiger partial charge in [-0.15, -0.1) is 11.3 Å². The number of hydrogen-bond donors (Lipinski definition) is 0. The van der Waals surface area contributed by atoms with Crippen LogP contribution in [0.2, 0.25) is 0 Å². The average Bonchev–Trinajstić information content (AvgIpc) is 3.29. The number of fused-ring (bicyclic) bond motifs is 1. The van der Waals surface area contributed by atoms with Gasteiger partial charge in [0.15, 0.2) is 0 Å². The highest BCUT2D eigenvalue weighted by atomic mass is 32.1. The highest BCUT2D eigenvalue weighted by Crippen LogP contribution is 2.41. The summed E-state index contributed by atoms with van der Waals surface area (Å²) in [5, 5.41) is 10.4. The second kappa shape index (κ2) is 8.06. The maximum Gasteiger partial charge on any atom is 0.410 e. The predicted molar refractivity (Wildman–Crippen MR) is 96.9 cm³/mol. The van der Waals surface area contributed by atoms with Gasteiger partial charge in [-0.2, -0.15) is 5.26 Å². The lowest BCUT2D eigenvalue weighted by atomic mass is 10.0. The predicted octanol–water partition coefficient (Wildman–Crippen LogP) is 3.01. The number of rotatable bonds is 4. The van der Waals surface area contributed by atoms with Crippen molar-refractivity contribution in [2.45, 2.75) is 52.3 Å². The summed E-state index contributed by atoms with van der Waals surface area (Å²) < 4.78 is 10.8. The van der Waals surface area contributed by atoms with Gasteiger partial charge in [0.25, 0.3) is 0 Å². The van der Waals surface area contributed by atoms with E-state index in [-0.39, 0.29) is 18.2 Å². The van der Waals surface area contributed by atoms with E-state index >= 15 is 0 Å². The van der Waals surface area contributed by atoms with Crippen LogP contribution < -0.4 is 4.90 Å². The molecule has 7 nitrogen and oxygen atoms in total. The molecule has 0 saturated carbocycles. The Morgan fingerprint density at radius 1 is 1.46 bits per heavy atom. The van der Waals surface area contributed by atoms with E-state index in [4.69, 9.17) is 9.47 Å². The molecule has 1 atom stereocenters. The van der Waals surface area contributed by atoms with E-state index in [9.17, 15) is 14.9 Å². The fourth-order valence-corrected chi connectivity index (χ4v) is 4.75. The Kier molecular flexibility index (Phi) is 5.79. The zero-order chi connectivity index (χ0) is 18.7. The van der Waals surface area contributed by atoms with Crippen LogP contribution in [0.4, 0.5) is 9.80 Å². The second-order valence-electron chi connectivity index (χ2n) is 6.25. The molecule has 0 spiro atoms. The third-order valence-electron chi connectivity index (χ3n) is 4.66. The van der Waals surface area contributed by atoms with Crippen molar-refractivity contribution in [3.8, 4) is 6.07 Å². The van der Waals surface area contributed by atoms with Crippen molar-refractivity contribution in [2.75, 3.05) is 24.7 Å². The summed E-state index contributed by atoms with van der Waals surface area (Å²) in [5.41, 5.74) is 1.49. The fourth-order valence-electron chi connectivity index (χ4n) is 3.38. The van der Waals surface area contributed by atoms with Gasteiger partial charge in [-0.25, -0.2) is 4.79 Å². The zero-order valence-electron chi connectivity index (χ0n) is 15.1. The van der Waals surface area contributed by atoms with Gasteiger partial charge in [0.05, 0.1) is 18.7 Å². The molecule has 2 amide bonds. The Bertz CT molecular complexity index is 734. The molecule has 1 aromatic rings. The second-order valence-corrected chi connectivity index (χ2v) is 7.33. The normalized spacial score (nSPS) is 19.0. The first-order valence-electron chi connectivity index (χ1n) is 9.00. The first-order chi connectivity index (χ1) is 12.6. The van der Waals surface area contributed by atoms with Crippen LogP contribution in [0.1, 0.15) is 49.1 Å². The lowest BCUT2D eigenvalue weighted by molar-refractivity contribution is -0.120. The highest BCUT2D eigenvalue weighted by Gasteiger charge is 2.35. The van der Waals surface area contributed by atoms with Crippen LogP contribution in [-0.4, -0.2) is 42.9 Å². The summed E-state index contributed by atoms with van der Waals surface area (Å²) >= 11 is 1.42. The summed E-state index contributed by atoms with van der Waals surface area (Å²) in [4.78, 5) is 28.9. The topological polar surface area (TPSA) is 82.9 Å². The lowest BCUT2D eigenvalue weighted by Gasteiger charge is -2.27. The quantitative estimate of drug-likeness (QED) is 0.805. The van der Waals surface area contributed by atoms with Crippen LogP contribution in [-0.2, 0) is 27.2 Å². The number of carbonyl (C=O) groups is 2. The van der Waals surface area contributed by atoms with Crippen LogP contribution in [0.15, 0.2) is 0 Å². The van der Waals surface area contributed by atoms with Crippen molar-refractivity contribution < 1.29 is 19.1 Å². The Morgan fingerprint density at radius 3 is 2.88 bits per heavy atom. The van der Waals surface area contributed by atoms with Crippen molar-refractivity contribution in [2.24, 2.45) is 0 Å². The SMILES string of the molecule is CCOC(=O)N1CCc2c(sc(N(C(=O)CC)C3CCCO3)c2C#N)C1. The number of nitrogens with zero attached hydrogens (tertiary/aromatic N) is 3. The zero-order valence-corrected chi connectivity index (χ0v) is 15.9. The van der Waals surface area contributed by atoms with Gasteiger partial charge in [-0.1, -0.05) is 6.92 Å². The Morgan fingerprint density at radius 2 is 2.27 bits per heavy atom. The molecule has 140 valence electrons. The molecule has 26 heavy (non-hydrogen) atoms. The van der Waals surface area contributed by atoms with E-state index in [2.05, 4.69) is 6.07 Å². The minimum absolute atomic E-state index is 0.0470. The standard InChI is InChI=1S/C18H23N3O4S/c1-3-15(22)21(16-6-5-9-25-16)17-13(10-19)12-7-8-20(11-14(12)26-17)18(23)24-4-2/h16H,3-9,11H2,1-2H3. The Hall–Kier alpha value is -2.11. The van der Waals surface area contributed by atoms with Crippen LogP contribution in [0.5, 0.6) is 0 Å². The Labute approximate surface area is 157 Å². The molecular formula is C18H23N3O4S. The summed E-state index contributed by atoms with van der Waals surface area (Å²) in [6.45, 7) is 5.47. The summed E-state index contributed by atoms with van der Waals surface area (Å²) in [5.74, 6) is -0.0470. The van der Waals surface area contributed by atoms with Crippen molar-refractivity contribution in [3.63, 3.8) is 0 Å². The van der Waals surface area contributed by atoms with Crippen molar-refractivity contribution in [1.82, 2.24) is 4.90 Å². The molecule has 3 rings (SSSR count). The van der Waals surface area contributed by atoms with Crippen LogP contribution >= 0.6 is 11.3 Å². The molecule has 3 heterocycles. The largest absolute Gasteiger partial charge is 0.450 e. The molecule has 0 bridgehead atoms. The molecule has 1 fully saturated rings. The number of hydrogen-bond acceptors (Lipinski definition) is 6. The minimum atomic E-state index is -0.341. The van der Waals surface area contributed by atoms with E-state index in [1.807, 2.05) is 6.92 Å². The first kappa shape index (κ1) is 18.7. The molecule has 0 aromatic carbocycles. The third-order valence-corrected chi connectivity index (χ3v) is 5.88. The number of ether oxygens (including phenoxy) is 2. The monoisotopic (exact) mass is 377 g/mol. The van der Waals surface area contributed by atoms with E-state index in [0.29, 0.717) is 49.7 Å². The molecule has 8 heteroatoms. The van der Waals surface area contributed by atoms with Crippen molar-refractivity contribution in [1.29, 1.82) is 5.26 Å². The lowest BCUT2D eigenvalue weighted by Crippen LogP contribution is -2.39. The number of anilines is 1. The van der Waals surface area contributed by atoms with Crippen LogP contribution in [0.3, 0.4) is 0 Å². The van der Waals surface area contributed by atoms with Crippen LogP contribution in [0, 0.1) is 11.3 Å². The first-order valence-corrected chi connectivity index (χ1v) is 9.82. The molecule has 0 aliphatic carbocycles. The molecule has 0 radical (unpaired) electrons. The maximum absolute atomic E-state index is 12.6. The van der Waals surface area contributed by atoms with Gasteiger partial charge in [-0.05, 0) is 31.7 Å². The number of carbonyl (C=O) groups excluding carboxylic acids is 2. The summed E-state index contributed by atoms with van der Waals surface area (Å²) in [6.07, 6.45) is 1.97. The minimum Gasteiger partial charge on any atom is -0.450 e. The van der Waals surface area contributed by atoms with Gasteiger partial charge < -0.3 is 14.4 Å². The van der Waals surface area contributed by atoms with Gasteiger partial charge in [-0.3, -0.25) is 9.69 Å². The summed E-state index contributed by atoms with van der Waals surface area (Å²) in [6, 6.07) is 2.28. The molecule has 1 saturated heterocycles. The van der Waals surface area contributed by atoms with E-state index in [1.165, 1.54) is 11.3 Å². The molecule has 0 N–H and O–H groups in total. The average molecular weight is 377 g/mol. The number of thiophene rings is 1. The highest BCUT2D eigenvalue weighted by molar-refractivity contribution is 7.16. The summed E-state index contributed by atoms with van der Waals surface area (Å²) in [7, 11) is 0. The number of nitriles is 1. The molecular weight excluding hydrogens is 354 g/mol. The van der Waals surface area contributed by atoms with E-state index in [1.54, 1.807) is 16.7 Å². The molecule has 2 aliphatic heterocycles. The van der Waals surface area contributed by atoms with Gasteiger partial charge in [0, 0.05) is 24.4 Å². The van der Waals surface area contributed by atoms with Gasteiger partial charge in [0.2, 0.25) is 5.91 Å². The van der Waals surface area contributed by atoms with Gasteiger partial charge >= 0.3 is 6.09 Å². The molecule has 1 unspecified atom stereocenters. The maximum atomic E-state index is 12.6. The smallest absolute Gasteiger partial charge is 0.410 e. The van der Waals surface area contributed by atoms with E-state index < -0.39 is 0 Å². The number of amides is 2. The fraction of sp³-hybridized carbons (Fsp3) is 0.611. The van der Waals surface area contributed by atoms with E-state index in [0.717, 1.165) is 23.3 Å². The Balaban J connectivity index is 1.95. The van der Waals surface area contributed by atoms with Crippen molar-refractivity contribution >= 4 is 28.3 Å². The molecule has 2 aliphatic rings. The third kappa shape index (κ3) is 3.41. The van der Waals surface area contributed by atoms with Crippen molar-refractivity contribution in [3.05, 3.63) is 16.0 Å². The van der Waals surface area contributed by atoms with Gasteiger partial charge in [0.1, 0.15) is 17.3 Å². The van der Waals surface area contributed by atoms with Crippen LogP contribution in [0.25, 0.3) is 0 Å². The molecule has 1 aromatic heterocycles.